The first kappa shape index (κ1) is 23.8. The zero-order valence-corrected chi connectivity index (χ0v) is 22.1. The fourth-order valence-electron chi connectivity index (χ4n) is 2.67. The molecule has 3 rings (SSSR count). The molecule has 1 heterocycles. The molecule has 162 valence electrons. The van der Waals surface area contributed by atoms with Crippen LogP contribution in [0.5, 0.6) is 0 Å². The quantitative estimate of drug-likeness (QED) is 0.180. The second kappa shape index (κ2) is 10.2. The van der Waals surface area contributed by atoms with Crippen LogP contribution in [0.2, 0.25) is 18.1 Å². The Kier molecular flexibility index (Phi) is 7.81. The molecule has 0 saturated carbocycles. The SMILES string of the molecule is CC(C)(C)[Si](C)(C)OCc1cc(Br)c(C=NN=C(c2ccccc2)c2ccccc2)s1. The number of rotatable bonds is 7. The van der Waals surface area contributed by atoms with Crippen LogP contribution in [0.1, 0.15) is 41.7 Å². The lowest BCUT2D eigenvalue weighted by Crippen LogP contribution is -2.40. The van der Waals surface area contributed by atoms with Crippen molar-refractivity contribution in [1.82, 2.24) is 0 Å². The maximum Gasteiger partial charge on any atom is 0.192 e. The third kappa shape index (κ3) is 6.32. The van der Waals surface area contributed by atoms with Crippen molar-refractivity contribution in [2.75, 3.05) is 0 Å². The molecule has 1 aromatic heterocycles. The van der Waals surface area contributed by atoms with Crippen LogP contribution < -0.4 is 0 Å². The number of hydrogen-bond donors (Lipinski definition) is 0. The van der Waals surface area contributed by atoms with E-state index in [0.717, 1.165) is 26.2 Å². The predicted octanol–water partition coefficient (Wildman–Crippen LogP) is 7.90. The van der Waals surface area contributed by atoms with Gasteiger partial charge < -0.3 is 4.43 Å². The molecule has 0 fully saturated rings. The van der Waals surface area contributed by atoms with Gasteiger partial charge in [-0.3, -0.25) is 0 Å². The van der Waals surface area contributed by atoms with Gasteiger partial charge in [-0.15, -0.1) is 16.4 Å². The molecule has 0 atom stereocenters. The molecular weight excluding hydrogens is 484 g/mol. The van der Waals surface area contributed by atoms with E-state index in [1.807, 2.05) is 42.6 Å². The molecule has 2 aromatic carbocycles. The van der Waals surface area contributed by atoms with Gasteiger partial charge in [0, 0.05) is 20.5 Å². The first-order valence-electron chi connectivity index (χ1n) is 10.3. The van der Waals surface area contributed by atoms with E-state index in [4.69, 9.17) is 4.43 Å². The van der Waals surface area contributed by atoms with E-state index in [2.05, 4.69) is 90.3 Å². The maximum atomic E-state index is 6.36. The molecule has 0 amide bonds. The van der Waals surface area contributed by atoms with E-state index in [-0.39, 0.29) is 5.04 Å². The van der Waals surface area contributed by atoms with Gasteiger partial charge in [-0.05, 0) is 40.1 Å². The molecule has 0 radical (unpaired) electrons. The molecule has 0 aliphatic rings. The minimum Gasteiger partial charge on any atom is -0.412 e. The molecule has 0 spiro atoms. The van der Waals surface area contributed by atoms with Crippen molar-refractivity contribution >= 4 is 47.5 Å². The zero-order valence-electron chi connectivity index (χ0n) is 18.7. The Morgan fingerprint density at radius 3 is 2.06 bits per heavy atom. The highest BCUT2D eigenvalue weighted by molar-refractivity contribution is 9.10. The zero-order chi connectivity index (χ0) is 22.5. The van der Waals surface area contributed by atoms with Crippen molar-refractivity contribution in [2.45, 2.75) is 45.5 Å². The Morgan fingerprint density at radius 1 is 1.00 bits per heavy atom. The van der Waals surface area contributed by atoms with Crippen molar-refractivity contribution in [2.24, 2.45) is 10.2 Å². The monoisotopic (exact) mass is 512 g/mol. The normalized spacial score (nSPS) is 12.3. The molecule has 3 nitrogen and oxygen atoms in total. The largest absolute Gasteiger partial charge is 0.412 e. The smallest absolute Gasteiger partial charge is 0.192 e. The summed E-state index contributed by atoms with van der Waals surface area (Å²) in [6.07, 6.45) is 1.82. The van der Waals surface area contributed by atoms with Gasteiger partial charge in [-0.1, -0.05) is 81.4 Å². The van der Waals surface area contributed by atoms with E-state index in [9.17, 15) is 0 Å². The van der Waals surface area contributed by atoms with E-state index in [1.165, 1.54) is 4.88 Å². The summed E-state index contributed by atoms with van der Waals surface area (Å²) in [6.45, 7) is 12.0. The first-order chi connectivity index (χ1) is 14.7. The van der Waals surface area contributed by atoms with E-state index in [0.29, 0.717) is 6.61 Å². The molecule has 0 saturated heterocycles. The number of nitrogens with zero attached hydrogens (tertiary/aromatic N) is 2. The Bertz CT molecular complexity index is 1010. The lowest BCUT2D eigenvalue weighted by atomic mass is 10.0. The van der Waals surface area contributed by atoms with Gasteiger partial charge in [0.2, 0.25) is 0 Å². The fraction of sp³-hybridized carbons (Fsp3) is 0.280. The average molecular weight is 514 g/mol. The summed E-state index contributed by atoms with van der Waals surface area (Å²) >= 11 is 5.35. The highest BCUT2D eigenvalue weighted by Crippen LogP contribution is 2.38. The minimum atomic E-state index is -1.78. The van der Waals surface area contributed by atoms with Crippen LogP contribution in [0, 0.1) is 0 Å². The standard InChI is InChI=1S/C25H29BrN2OSSi/c1-25(2,3)31(4,5)29-18-21-16-22(26)23(30-21)17-27-28-24(19-12-8-6-9-13-19)20-14-10-7-11-15-20/h6-17H,18H2,1-5H3. The van der Waals surface area contributed by atoms with E-state index >= 15 is 0 Å². The van der Waals surface area contributed by atoms with Crippen molar-refractivity contribution < 1.29 is 4.43 Å². The summed E-state index contributed by atoms with van der Waals surface area (Å²) in [6, 6.07) is 22.4. The molecule has 31 heavy (non-hydrogen) atoms. The number of benzene rings is 2. The Balaban J connectivity index is 1.80. The Hall–Kier alpha value is -1.86. The summed E-state index contributed by atoms with van der Waals surface area (Å²) in [5, 5.41) is 9.20. The predicted molar refractivity (Wildman–Crippen MR) is 140 cm³/mol. The third-order valence-corrected chi connectivity index (χ3v) is 12.0. The summed E-state index contributed by atoms with van der Waals surface area (Å²) in [4.78, 5) is 2.23. The van der Waals surface area contributed by atoms with Crippen LogP contribution in [0.25, 0.3) is 0 Å². The van der Waals surface area contributed by atoms with Crippen LogP contribution >= 0.6 is 27.3 Å². The van der Waals surface area contributed by atoms with Crippen LogP contribution in [0.15, 0.2) is 81.4 Å². The van der Waals surface area contributed by atoms with Gasteiger partial charge in [-0.25, -0.2) is 0 Å². The van der Waals surface area contributed by atoms with Crippen molar-refractivity contribution in [3.63, 3.8) is 0 Å². The molecule has 0 N–H and O–H groups in total. The molecule has 0 bridgehead atoms. The highest BCUT2D eigenvalue weighted by Gasteiger charge is 2.37. The van der Waals surface area contributed by atoms with Crippen LogP contribution in [0.4, 0.5) is 0 Å². The second-order valence-corrected chi connectivity index (χ2v) is 15.7. The Labute approximate surface area is 199 Å². The van der Waals surface area contributed by atoms with Gasteiger partial charge in [0.25, 0.3) is 0 Å². The summed E-state index contributed by atoms with van der Waals surface area (Å²) in [5.74, 6) is 0. The maximum absolute atomic E-state index is 6.36. The van der Waals surface area contributed by atoms with Crippen LogP contribution in [0.3, 0.4) is 0 Å². The van der Waals surface area contributed by atoms with Gasteiger partial charge in [0.15, 0.2) is 8.32 Å². The molecule has 0 unspecified atom stereocenters. The van der Waals surface area contributed by atoms with Crippen LogP contribution in [-0.2, 0) is 11.0 Å². The fourth-order valence-corrected chi connectivity index (χ4v) is 5.33. The lowest BCUT2D eigenvalue weighted by molar-refractivity contribution is 0.279. The highest BCUT2D eigenvalue weighted by atomic mass is 79.9. The first-order valence-corrected chi connectivity index (χ1v) is 14.8. The molecule has 3 aromatic rings. The summed E-state index contributed by atoms with van der Waals surface area (Å²) in [5.41, 5.74) is 2.94. The van der Waals surface area contributed by atoms with Gasteiger partial charge in [-0.2, -0.15) is 5.10 Å². The molecule has 6 heteroatoms. The number of hydrogen-bond acceptors (Lipinski definition) is 4. The van der Waals surface area contributed by atoms with E-state index < -0.39 is 8.32 Å². The summed E-state index contributed by atoms with van der Waals surface area (Å²) < 4.78 is 7.38. The molecule has 0 aliphatic carbocycles. The molecule has 0 aliphatic heterocycles. The van der Waals surface area contributed by atoms with Crippen molar-refractivity contribution in [3.8, 4) is 0 Å². The van der Waals surface area contributed by atoms with Crippen molar-refractivity contribution in [1.29, 1.82) is 0 Å². The number of thiophene rings is 1. The van der Waals surface area contributed by atoms with Gasteiger partial charge in [0.1, 0.15) is 5.71 Å². The van der Waals surface area contributed by atoms with Crippen molar-refractivity contribution in [3.05, 3.63) is 92.1 Å². The lowest BCUT2D eigenvalue weighted by Gasteiger charge is -2.36. The Morgan fingerprint density at radius 2 is 1.55 bits per heavy atom. The minimum absolute atomic E-state index is 0.200. The van der Waals surface area contributed by atoms with E-state index in [1.54, 1.807) is 11.3 Å². The van der Waals surface area contributed by atoms with Gasteiger partial charge >= 0.3 is 0 Å². The number of halogens is 1. The average Bonchev–Trinajstić information content (AvgIpc) is 3.10. The second-order valence-electron chi connectivity index (χ2n) is 8.90. The topological polar surface area (TPSA) is 34.0 Å². The van der Waals surface area contributed by atoms with Crippen LogP contribution in [-0.4, -0.2) is 20.2 Å². The van der Waals surface area contributed by atoms with Gasteiger partial charge in [0.05, 0.1) is 17.7 Å². The molecular formula is C25H29BrN2OSSi. The summed E-state index contributed by atoms with van der Waals surface area (Å²) in [7, 11) is -1.78. The third-order valence-electron chi connectivity index (χ3n) is 5.57.